The van der Waals surface area contributed by atoms with Crippen molar-refractivity contribution in [2.75, 3.05) is 5.75 Å². The maximum Gasteiger partial charge on any atom is 0.336 e. The molecule has 2 rings (SSSR count). The van der Waals surface area contributed by atoms with Gasteiger partial charge in [-0.25, -0.2) is 4.79 Å². The molecule has 0 fully saturated rings. The zero-order valence-corrected chi connectivity index (χ0v) is 10.3. The quantitative estimate of drug-likeness (QED) is 0.885. The van der Waals surface area contributed by atoms with Crippen LogP contribution in [0, 0.1) is 0 Å². The van der Waals surface area contributed by atoms with Crippen LogP contribution in [0.25, 0.3) is 0 Å². The van der Waals surface area contributed by atoms with Crippen LogP contribution in [0.15, 0.2) is 47.6 Å². The Hall–Kier alpha value is -1.95. The van der Waals surface area contributed by atoms with Gasteiger partial charge in [-0.2, -0.15) is 5.10 Å². The largest absolute Gasteiger partial charge is 0.478 e. The number of rotatable bonds is 5. The van der Waals surface area contributed by atoms with E-state index in [4.69, 9.17) is 5.11 Å². The third kappa shape index (κ3) is 2.84. The average molecular weight is 264 g/mol. The van der Waals surface area contributed by atoms with E-state index in [1.165, 1.54) is 6.07 Å². The normalized spacial score (nSPS) is 12.2. The van der Waals surface area contributed by atoms with Crippen molar-refractivity contribution in [3.8, 4) is 0 Å². The van der Waals surface area contributed by atoms with Gasteiger partial charge in [-0.15, -0.1) is 0 Å². The summed E-state index contributed by atoms with van der Waals surface area (Å²) < 4.78 is 13.7. The Morgan fingerprint density at radius 1 is 1.33 bits per heavy atom. The molecular weight excluding hydrogens is 252 g/mol. The van der Waals surface area contributed by atoms with E-state index < -0.39 is 16.8 Å². The van der Waals surface area contributed by atoms with Crippen molar-refractivity contribution in [3.05, 3.63) is 48.3 Å². The van der Waals surface area contributed by atoms with Crippen LogP contribution in [0.1, 0.15) is 10.4 Å². The molecule has 0 aliphatic carbocycles. The zero-order chi connectivity index (χ0) is 13.0. The first kappa shape index (κ1) is 12.5. The van der Waals surface area contributed by atoms with E-state index in [0.29, 0.717) is 17.2 Å². The second-order valence-corrected chi connectivity index (χ2v) is 5.16. The molecule has 94 valence electrons. The van der Waals surface area contributed by atoms with Crippen LogP contribution in [-0.4, -0.2) is 30.8 Å². The van der Waals surface area contributed by atoms with Crippen LogP contribution in [0.5, 0.6) is 0 Å². The second-order valence-electron chi connectivity index (χ2n) is 3.62. The summed E-state index contributed by atoms with van der Waals surface area (Å²) in [6.07, 6.45) is 3.43. The van der Waals surface area contributed by atoms with Crippen LogP contribution in [0.4, 0.5) is 0 Å². The van der Waals surface area contributed by atoms with E-state index in [-0.39, 0.29) is 5.56 Å². The minimum Gasteiger partial charge on any atom is -0.478 e. The van der Waals surface area contributed by atoms with Crippen molar-refractivity contribution < 1.29 is 14.1 Å². The maximum absolute atomic E-state index is 12.1. The molecule has 0 aliphatic heterocycles. The molecule has 6 heteroatoms. The van der Waals surface area contributed by atoms with Gasteiger partial charge in [0.1, 0.15) is 0 Å². The standard InChI is InChI=1S/C12H12N2O3S/c15-12(16)10-4-1-2-5-11(10)18(17)9-8-14-7-3-6-13-14/h1-7H,8-9H2,(H,15,16). The van der Waals surface area contributed by atoms with Gasteiger partial charge in [0.05, 0.1) is 27.8 Å². The summed E-state index contributed by atoms with van der Waals surface area (Å²) in [5.74, 6) is -0.718. The number of carbonyl (C=O) groups is 1. The first-order valence-corrected chi connectivity index (χ1v) is 6.68. The van der Waals surface area contributed by atoms with Crippen LogP contribution < -0.4 is 0 Å². The van der Waals surface area contributed by atoms with Gasteiger partial charge < -0.3 is 5.11 Å². The summed E-state index contributed by atoms with van der Waals surface area (Å²) in [6, 6.07) is 8.14. The monoisotopic (exact) mass is 264 g/mol. The average Bonchev–Trinajstić information content (AvgIpc) is 2.89. The Kier molecular flexibility index (Phi) is 3.88. The Morgan fingerprint density at radius 2 is 2.11 bits per heavy atom. The molecule has 0 spiro atoms. The molecule has 0 amide bonds. The third-order valence-corrected chi connectivity index (χ3v) is 3.83. The highest BCUT2D eigenvalue weighted by molar-refractivity contribution is 7.85. The van der Waals surface area contributed by atoms with Crippen molar-refractivity contribution in [3.63, 3.8) is 0 Å². The third-order valence-electron chi connectivity index (χ3n) is 2.43. The lowest BCUT2D eigenvalue weighted by Gasteiger charge is -2.06. The van der Waals surface area contributed by atoms with E-state index in [1.807, 2.05) is 0 Å². The lowest BCUT2D eigenvalue weighted by atomic mass is 10.2. The second kappa shape index (κ2) is 5.59. The molecule has 0 bridgehead atoms. The summed E-state index contributed by atoms with van der Waals surface area (Å²) in [4.78, 5) is 11.4. The zero-order valence-electron chi connectivity index (χ0n) is 9.52. The van der Waals surface area contributed by atoms with E-state index >= 15 is 0 Å². The molecule has 0 aliphatic rings. The summed E-state index contributed by atoms with van der Waals surface area (Å²) in [6.45, 7) is 0.494. The summed E-state index contributed by atoms with van der Waals surface area (Å²) in [7, 11) is -1.34. The van der Waals surface area contributed by atoms with Crippen LogP contribution >= 0.6 is 0 Å². The molecule has 1 atom stereocenters. The molecule has 2 aromatic rings. The molecule has 1 N–H and O–H groups in total. The molecule has 18 heavy (non-hydrogen) atoms. The fraction of sp³-hybridized carbons (Fsp3) is 0.167. The SMILES string of the molecule is O=C(O)c1ccccc1S(=O)CCn1cccn1. The van der Waals surface area contributed by atoms with Crippen molar-refractivity contribution in [2.45, 2.75) is 11.4 Å². The molecule has 5 nitrogen and oxygen atoms in total. The number of carboxylic acids is 1. The van der Waals surface area contributed by atoms with Gasteiger partial charge in [0.15, 0.2) is 0 Å². The van der Waals surface area contributed by atoms with E-state index in [2.05, 4.69) is 5.10 Å². The lowest BCUT2D eigenvalue weighted by Crippen LogP contribution is -2.11. The smallest absolute Gasteiger partial charge is 0.336 e. The first-order chi connectivity index (χ1) is 8.68. The van der Waals surface area contributed by atoms with E-state index in [1.54, 1.807) is 41.3 Å². The van der Waals surface area contributed by atoms with Gasteiger partial charge in [-0.05, 0) is 18.2 Å². The summed E-state index contributed by atoms with van der Waals surface area (Å²) in [5.41, 5.74) is 0.0938. The van der Waals surface area contributed by atoms with Crippen molar-refractivity contribution in [1.29, 1.82) is 0 Å². The number of aromatic carboxylic acids is 1. The van der Waals surface area contributed by atoms with Crippen molar-refractivity contribution in [1.82, 2.24) is 9.78 Å². The Morgan fingerprint density at radius 3 is 2.78 bits per heavy atom. The summed E-state index contributed by atoms with van der Waals surface area (Å²) in [5, 5.41) is 13.0. The van der Waals surface area contributed by atoms with Crippen LogP contribution in [0.3, 0.4) is 0 Å². The van der Waals surface area contributed by atoms with E-state index in [9.17, 15) is 9.00 Å². The highest BCUT2D eigenvalue weighted by atomic mass is 32.2. The minimum atomic E-state index is -1.34. The van der Waals surface area contributed by atoms with Gasteiger partial charge in [-0.1, -0.05) is 12.1 Å². The summed E-state index contributed by atoms with van der Waals surface area (Å²) >= 11 is 0. The Labute approximate surface area is 107 Å². The van der Waals surface area contributed by atoms with E-state index in [0.717, 1.165) is 0 Å². The Bertz CT molecular complexity index is 566. The maximum atomic E-state index is 12.1. The molecular formula is C12H12N2O3S. The van der Waals surface area contributed by atoms with Gasteiger partial charge in [0, 0.05) is 18.1 Å². The predicted molar refractivity (Wildman–Crippen MR) is 66.9 cm³/mol. The topological polar surface area (TPSA) is 72.2 Å². The number of aromatic nitrogens is 2. The predicted octanol–water partition coefficient (Wildman–Crippen LogP) is 1.39. The van der Waals surface area contributed by atoms with Gasteiger partial charge >= 0.3 is 5.97 Å². The molecule has 1 heterocycles. The molecule has 0 radical (unpaired) electrons. The molecule has 1 unspecified atom stereocenters. The number of nitrogens with zero attached hydrogens (tertiary/aromatic N) is 2. The highest BCUT2D eigenvalue weighted by Gasteiger charge is 2.14. The molecule has 1 aromatic heterocycles. The van der Waals surface area contributed by atoms with Gasteiger partial charge in [0.25, 0.3) is 0 Å². The first-order valence-electron chi connectivity index (χ1n) is 5.36. The fourth-order valence-electron chi connectivity index (χ4n) is 1.56. The molecule has 1 aromatic carbocycles. The van der Waals surface area contributed by atoms with Crippen molar-refractivity contribution >= 4 is 16.8 Å². The molecule has 0 saturated heterocycles. The number of hydrogen-bond donors (Lipinski definition) is 1. The minimum absolute atomic E-state index is 0.0938. The number of aryl methyl sites for hydroxylation is 1. The lowest BCUT2D eigenvalue weighted by molar-refractivity contribution is 0.0693. The number of benzene rings is 1. The number of carboxylic acid groups (broad SMARTS) is 1. The fourth-order valence-corrected chi connectivity index (χ4v) is 2.76. The number of hydrogen-bond acceptors (Lipinski definition) is 3. The van der Waals surface area contributed by atoms with Gasteiger partial charge in [-0.3, -0.25) is 8.89 Å². The highest BCUT2D eigenvalue weighted by Crippen LogP contribution is 2.14. The van der Waals surface area contributed by atoms with Crippen molar-refractivity contribution in [2.24, 2.45) is 0 Å². The molecule has 0 saturated carbocycles. The van der Waals surface area contributed by atoms with Crippen LogP contribution in [0.2, 0.25) is 0 Å². The Balaban J connectivity index is 2.11. The van der Waals surface area contributed by atoms with Crippen LogP contribution in [-0.2, 0) is 17.3 Å². The van der Waals surface area contributed by atoms with Gasteiger partial charge in [0.2, 0.25) is 0 Å².